The molecule has 1 aliphatic rings. The zero-order valence-electron chi connectivity index (χ0n) is 28.3. The summed E-state index contributed by atoms with van der Waals surface area (Å²) < 4.78 is 0. The van der Waals surface area contributed by atoms with Gasteiger partial charge in [0, 0.05) is 66.4 Å². The van der Waals surface area contributed by atoms with Crippen molar-refractivity contribution in [1.82, 2.24) is 9.97 Å². The van der Waals surface area contributed by atoms with Gasteiger partial charge in [-0.15, -0.1) is 29.1 Å². The second kappa shape index (κ2) is 15.4. The molecule has 2 aromatic carbocycles. The van der Waals surface area contributed by atoms with Crippen molar-refractivity contribution in [3.05, 3.63) is 95.6 Å². The van der Waals surface area contributed by atoms with Crippen molar-refractivity contribution in [3.63, 3.8) is 0 Å². The zero-order chi connectivity index (χ0) is 32.1. The third-order valence-corrected chi connectivity index (χ3v) is 10.1. The smallest absolute Gasteiger partial charge is 0.164 e. The molecule has 4 nitrogen and oxygen atoms in total. The molecular weight excluding hydrogens is 733 g/mol. The van der Waals surface area contributed by atoms with Crippen LogP contribution in [0.4, 0.5) is 0 Å². The summed E-state index contributed by atoms with van der Waals surface area (Å²) in [4.78, 5) is 21.5. The van der Waals surface area contributed by atoms with Gasteiger partial charge >= 0.3 is 0 Å². The Balaban J connectivity index is 0.000000270. The van der Waals surface area contributed by atoms with Gasteiger partial charge in [-0.05, 0) is 67.7 Å². The molecular formula is C40H49IrN2O2-. The predicted octanol–water partition coefficient (Wildman–Crippen LogP) is 10.6. The van der Waals surface area contributed by atoms with Gasteiger partial charge in [0.15, 0.2) is 5.78 Å². The molecule has 5 rings (SSSR count). The van der Waals surface area contributed by atoms with Crippen LogP contribution in [-0.4, -0.2) is 20.9 Å². The van der Waals surface area contributed by atoms with Crippen LogP contribution in [0.5, 0.6) is 0 Å². The monoisotopic (exact) mass is 782 g/mol. The van der Waals surface area contributed by atoms with Crippen LogP contribution in [0.1, 0.15) is 104 Å². The minimum Gasteiger partial charge on any atom is -0.512 e. The van der Waals surface area contributed by atoms with Gasteiger partial charge in [-0.25, -0.2) is 0 Å². The quantitative estimate of drug-likeness (QED) is 0.104. The number of fused-ring (bicyclic) bond motifs is 4. The summed E-state index contributed by atoms with van der Waals surface area (Å²) in [6, 6.07) is 20.8. The van der Waals surface area contributed by atoms with Crippen LogP contribution in [0.15, 0.2) is 72.8 Å². The van der Waals surface area contributed by atoms with Crippen LogP contribution in [-0.2, 0) is 37.7 Å². The normalized spacial score (nSPS) is 13.0. The Hall–Kier alpha value is -3.14. The van der Waals surface area contributed by atoms with Crippen LogP contribution in [0.3, 0.4) is 0 Å². The summed E-state index contributed by atoms with van der Waals surface area (Å²) in [6.07, 6.45) is 10.5. The second-order valence-corrected chi connectivity index (χ2v) is 13.0. The number of pyridine rings is 2. The van der Waals surface area contributed by atoms with E-state index < -0.39 is 0 Å². The third kappa shape index (κ3) is 7.64. The van der Waals surface area contributed by atoms with Crippen LogP contribution in [0.25, 0.3) is 33.2 Å². The molecule has 0 amide bonds. The summed E-state index contributed by atoms with van der Waals surface area (Å²) in [6.45, 7) is 16.6. The number of aromatic nitrogens is 2. The van der Waals surface area contributed by atoms with Gasteiger partial charge in [0.2, 0.25) is 0 Å². The average molecular weight is 782 g/mol. The fraction of sp³-hybridized carbons (Fsp3) is 0.425. The number of nitrogens with zero attached hydrogens (tertiary/aromatic N) is 2. The molecule has 5 heteroatoms. The van der Waals surface area contributed by atoms with Gasteiger partial charge in [0.1, 0.15) is 5.76 Å². The number of hydrogen-bond donors (Lipinski definition) is 1. The minimum atomic E-state index is -0.337. The molecule has 1 radical (unpaired) electrons. The number of ketones is 1. The van der Waals surface area contributed by atoms with Gasteiger partial charge in [0.25, 0.3) is 0 Å². The van der Waals surface area contributed by atoms with E-state index in [1.807, 2.05) is 60.0 Å². The fourth-order valence-corrected chi connectivity index (χ4v) is 5.90. The third-order valence-electron chi connectivity index (χ3n) is 10.1. The SMILES string of the molecule is CC(C)c1cc(-c2nccc3c2CCc2ncccc2-3)[c-]c2ccccc12.CCC(C)(CC)C(=O)/C=C(\O)C(C)(CC)CC.[Ir]. The molecule has 2 aromatic heterocycles. The number of aliphatic hydroxyl groups is 1. The summed E-state index contributed by atoms with van der Waals surface area (Å²) >= 11 is 0. The molecule has 1 aliphatic carbocycles. The van der Waals surface area contributed by atoms with Gasteiger partial charge in [-0.2, -0.15) is 0 Å². The number of rotatable bonds is 9. The van der Waals surface area contributed by atoms with E-state index in [0.717, 1.165) is 55.2 Å². The van der Waals surface area contributed by atoms with Crippen LogP contribution >= 0.6 is 0 Å². The first-order chi connectivity index (χ1) is 21.0. The maximum absolute atomic E-state index is 12.2. The number of hydrogen-bond acceptors (Lipinski definition) is 4. The van der Waals surface area contributed by atoms with Crippen LogP contribution < -0.4 is 0 Å². The number of aliphatic hydroxyl groups excluding tert-OH is 1. The molecule has 0 unspecified atom stereocenters. The van der Waals surface area contributed by atoms with Crippen molar-refractivity contribution in [2.24, 2.45) is 10.8 Å². The van der Waals surface area contributed by atoms with Crippen molar-refractivity contribution in [3.8, 4) is 22.4 Å². The molecule has 0 bridgehead atoms. The Kier molecular flexibility index (Phi) is 12.5. The van der Waals surface area contributed by atoms with E-state index >= 15 is 0 Å². The summed E-state index contributed by atoms with van der Waals surface area (Å²) in [5.41, 5.74) is 7.93. The molecule has 45 heavy (non-hydrogen) atoms. The Morgan fingerprint density at radius 1 is 0.889 bits per heavy atom. The molecule has 1 N–H and O–H groups in total. The summed E-state index contributed by atoms with van der Waals surface area (Å²) in [5, 5.41) is 12.6. The molecule has 4 aromatic rings. The number of carbonyl (C=O) groups is 1. The molecule has 241 valence electrons. The minimum absolute atomic E-state index is 0. The standard InChI is InChI=1S/C25H21N2.C15H28O2.Ir/c1-16(2)23-15-18(14-17-6-3-4-7-19(17)23)25-22-9-10-24-21(8-5-12-26-24)20(22)11-13-27-25;1-7-14(5,8-2)12(16)11-13(17)15(6,9-3)10-4;/h3-8,11-13,15-16H,9-10H2,1-2H3;11,16H,7-10H2,1-6H3;/q-1;;/b;12-11-;. The first kappa shape index (κ1) is 36.3. The summed E-state index contributed by atoms with van der Waals surface area (Å²) in [5.74, 6) is 0.737. The van der Waals surface area contributed by atoms with Gasteiger partial charge in [-0.1, -0.05) is 90.6 Å². The first-order valence-electron chi connectivity index (χ1n) is 16.3. The Morgan fingerprint density at radius 3 is 2.20 bits per heavy atom. The molecule has 0 saturated carbocycles. The average Bonchev–Trinajstić information content (AvgIpc) is 3.06. The van der Waals surface area contributed by atoms with Gasteiger partial charge in [0.05, 0.1) is 0 Å². The van der Waals surface area contributed by atoms with E-state index in [9.17, 15) is 9.90 Å². The fourth-order valence-electron chi connectivity index (χ4n) is 5.90. The number of allylic oxidation sites excluding steroid dienone is 2. The number of carbonyl (C=O) groups excluding carboxylic acids is 1. The van der Waals surface area contributed by atoms with E-state index in [1.165, 1.54) is 39.4 Å². The van der Waals surface area contributed by atoms with Crippen LogP contribution in [0, 0.1) is 16.9 Å². The van der Waals surface area contributed by atoms with E-state index in [0.29, 0.717) is 5.92 Å². The van der Waals surface area contributed by atoms with E-state index in [4.69, 9.17) is 4.98 Å². The van der Waals surface area contributed by atoms with Gasteiger partial charge in [-0.3, -0.25) is 14.8 Å². The van der Waals surface area contributed by atoms with Crippen molar-refractivity contribution in [1.29, 1.82) is 0 Å². The van der Waals surface area contributed by atoms with E-state index in [-0.39, 0.29) is 42.5 Å². The molecule has 0 aliphatic heterocycles. The summed E-state index contributed by atoms with van der Waals surface area (Å²) in [7, 11) is 0. The number of aryl methyl sites for hydroxylation is 1. The van der Waals surface area contributed by atoms with Gasteiger partial charge < -0.3 is 5.11 Å². The zero-order valence-corrected chi connectivity index (χ0v) is 30.6. The van der Waals surface area contributed by atoms with Crippen LogP contribution in [0.2, 0.25) is 0 Å². The topological polar surface area (TPSA) is 63.1 Å². The maximum atomic E-state index is 12.2. The molecule has 0 saturated heterocycles. The van der Waals surface area contributed by atoms with Crippen molar-refractivity contribution in [2.45, 2.75) is 99.8 Å². The van der Waals surface area contributed by atoms with Crippen molar-refractivity contribution >= 4 is 16.6 Å². The maximum Gasteiger partial charge on any atom is 0.164 e. The molecule has 2 heterocycles. The Labute approximate surface area is 284 Å². The van der Waals surface area contributed by atoms with Crippen molar-refractivity contribution in [2.75, 3.05) is 0 Å². The van der Waals surface area contributed by atoms with E-state index in [1.54, 1.807) is 0 Å². The predicted molar refractivity (Wildman–Crippen MR) is 184 cm³/mol. The molecule has 0 spiro atoms. The Bertz CT molecular complexity index is 1650. The number of benzene rings is 2. The largest absolute Gasteiger partial charge is 0.512 e. The first-order valence-corrected chi connectivity index (χ1v) is 16.3. The molecule has 0 fully saturated rings. The second-order valence-electron chi connectivity index (χ2n) is 13.0. The van der Waals surface area contributed by atoms with Crippen molar-refractivity contribution < 1.29 is 30.0 Å². The molecule has 0 atom stereocenters. The van der Waals surface area contributed by atoms with E-state index in [2.05, 4.69) is 67.4 Å². The Morgan fingerprint density at radius 2 is 1.56 bits per heavy atom.